The normalized spacial score (nSPS) is 10.2. The molecule has 1 rings (SSSR count). The van der Waals surface area contributed by atoms with E-state index in [0.717, 1.165) is 0 Å². The monoisotopic (exact) mass is 196 g/mol. The number of hydrogen-bond donors (Lipinski definition) is 3. The van der Waals surface area contributed by atoms with Crippen molar-refractivity contribution in [1.29, 1.82) is 0 Å². The number of phenolic OH excluding ortho intramolecular Hbond substituents is 1. The number of aliphatic hydroxyl groups is 2. The zero-order valence-corrected chi connectivity index (χ0v) is 7.82. The Labute approximate surface area is 81.4 Å². The summed E-state index contributed by atoms with van der Waals surface area (Å²) in [5.41, 5.74) is 1.04. The summed E-state index contributed by atoms with van der Waals surface area (Å²) >= 11 is 0. The van der Waals surface area contributed by atoms with Gasteiger partial charge in [0, 0.05) is 0 Å². The maximum absolute atomic E-state index is 11.0. The van der Waals surface area contributed by atoms with Crippen molar-refractivity contribution >= 4 is 5.78 Å². The predicted molar refractivity (Wildman–Crippen MR) is 50.0 cm³/mol. The summed E-state index contributed by atoms with van der Waals surface area (Å²) in [6, 6.07) is 2.69. The van der Waals surface area contributed by atoms with E-state index in [1.165, 1.54) is 19.1 Å². The molecule has 4 heteroatoms. The minimum atomic E-state index is -0.276. The summed E-state index contributed by atoms with van der Waals surface area (Å²) in [4.78, 5) is 11.0. The van der Waals surface area contributed by atoms with Crippen molar-refractivity contribution in [3.63, 3.8) is 0 Å². The number of Topliss-reactive ketones (excluding diaryl/α,β-unsaturated/α-hetero) is 1. The first-order valence-electron chi connectivity index (χ1n) is 4.17. The molecule has 0 aliphatic heterocycles. The Morgan fingerprint density at radius 1 is 1.21 bits per heavy atom. The van der Waals surface area contributed by atoms with E-state index in [2.05, 4.69) is 0 Å². The van der Waals surface area contributed by atoms with Gasteiger partial charge in [-0.1, -0.05) is 0 Å². The lowest BCUT2D eigenvalue weighted by Crippen LogP contribution is -2.00. The van der Waals surface area contributed by atoms with Gasteiger partial charge in [0.05, 0.1) is 18.8 Å². The number of benzene rings is 1. The maximum Gasteiger partial charge on any atom is 0.163 e. The van der Waals surface area contributed by atoms with E-state index >= 15 is 0 Å². The third kappa shape index (κ3) is 1.92. The van der Waals surface area contributed by atoms with Gasteiger partial charge >= 0.3 is 0 Å². The molecule has 4 nitrogen and oxygen atoms in total. The summed E-state index contributed by atoms with van der Waals surface area (Å²) in [7, 11) is 0. The molecule has 0 unspecified atom stereocenters. The molecule has 0 atom stereocenters. The Balaban J connectivity index is 3.30. The number of rotatable bonds is 3. The van der Waals surface area contributed by atoms with Gasteiger partial charge in [0.15, 0.2) is 5.78 Å². The summed E-state index contributed by atoms with van der Waals surface area (Å²) < 4.78 is 0. The first-order chi connectivity index (χ1) is 6.60. The Morgan fingerprint density at radius 2 is 1.71 bits per heavy atom. The van der Waals surface area contributed by atoms with Crippen LogP contribution in [-0.2, 0) is 13.2 Å². The second kappa shape index (κ2) is 4.21. The minimum Gasteiger partial charge on any atom is -0.507 e. The predicted octanol–water partition coefficient (Wildman–Crippen LogP) is 0.579. The van der Waals surface area contributed by atoms with Crippen LogP contribution in [0.15, 0.2) is 12.1 Å². The molecule has 0 heterocycles. The van der Waals surface area contributed by atoms with Crippen LogP contribution in [0.25, 0.3) is 0 Å². The Hall–Kier alpha value is -1.39. The molecule has 0 radical (unpaired) electrons. The van der Waals surface area contributed by atoms with Crippen molar-refractivity contribution in [2.24, 2.45) is 0 Å². The zero-order valence-electron chi connectivity index (χ0n) is 7.82. The fourth-order valence-corrected chi connectivity index (χ4v) is 1.25. The molecule has 0 bridgehead atoms. The van der Waals surface area contributed by atoms with Crippen molar-refractivity contribution in [2.45, 2.75) is 20.1 Å². The topological polar surface area (TPSA) is 77.8 Å². The SMILES string of the molecule is CC(=O)c1cc(CO)c(CO)cc1O. The summed E-state index contributed by atoms with van der Waals surface area (Å²) in [5.74, 6) is -0.444. The van der Waals surface area contributed by atoms with E-state index in [0.29, 0.717) is 11.1 Å². The number of aromatic hydroxyl groups is 1. The largest absolute Gasteiger partial charge is 0.507 e. The average molecular weight is 196 g/mol. The number of carbonyl (C=O) groups is 1. The molecule has 0 saturated heterocycles. The summed E-state index contributed by atoms with van der Waals surface area (Å²) in [5, 5.41) is 27.2. The van der Waals surface area contributed by atoms with Gasteiger partial charge in [-0.05, 0) is 30.2 Å². The Kier molecular flexibility index (Phi) is 3.22. The van der Waals surface area contributed by atoms with Gasteiger partial charge in [-0.25, -0.2) is 0 Å². The van der Waals surface area contributed by atoms with Crippen LogP contribution in [0.1, 0.15) is 28.4 Å². The standard InChI is InChI=1S/C10H12O4/c1-6(13)9-2-7(4-11)8(5-12)3-10(9)14/h2-3,11-12,14H,4-5H2,1H3. The molecule has 76 valence electrons. The number of ketones is 1. The molecular weight excluding hydrogens is 184 g/mol. The zero-order chi connectivity index (χ0) is 10.7. The highest BCUT2D eigenvalue weighted by Crippen LogP contribution is 2.23. The number of carbonyl (C=O) groups excluding carboxylic acids is 1. The molecule has 0 spiro atoms. The van der Waals surface area contributed by atoms with Crippen molar-refractivity contribution < 1.29 is 20.1 Å². The van der Waals surface area contributed by atoms with Crippen LogP contribution < -0.4 is 0 Å². The van der Waals surface area contributed by atoms with Crippen LogP contribution in [0.2, 0.25) is 0 Å². The molecule has 1 aromatic carbocycles. The molecule has 0 aromatic heterocycles. The molecule has 14 heavy (non-hydrogen) atoms. The van der Waals surface area contributed by atoms with Crippen LogP contribution in [-0.4, -0.2) is 21.1 Å². The van der Waals surface area contributed by atoms with Gasteiger partial charge in [-0.15, -0.1) is 0 Å². The molecule has 1 aromatic rings. The van der Waals surface area contributed by atoms with E-state index < -0.39 is 0 Å². The second-order valence-electron chi connectivity index (χ2n) is 3.01. The Morgan fingerprint density at radius 3 is 2.14 bits per heavy atom. The quantitative estimate of drug-likeness (QED) is 0.618. The van der Waals surface area contributed by atoms with Crippen LogP contribution >= 0.6 is 0 Å². The van der Waals surface area contributed by atoms with Gasteiger partial charge in [-0.3, -0.25) is 4.79 Å². The van der Waals surface area contributed by atoms with Crippen LogP contribution in [0.5, 0.6) is 5.75 Å². The first kappa shape index (κ1) is 10.7. The molecule has 3 N–H and O–H groups in total. The lowest BCUT2D eigenvalue weighted by Gasteiger charge is -2.08. The van der Waals surface area contributed by atoms with Crippen molar-refractivity contribution in [1.82, 2.24) is 0 Å². The third-order valence-corrected chi connectivity index (χ3v) is 2.04. The van der Waals surface area contributed by atoms with Gasteiger partial charge in [-0.2, -0.15) is 0 Å². The molecular formula is C10H12O4. The average Bonchev–Trinajstić information content (AvgIpc) is 2.16. The van der Waals surface area contributed by atoms with E-state index in [1.54, 1.807) is 0 Å². The van der Waals surface area contributed by atoms with Crippen LogP contribution in [0.4, 0.5) is 0 Å². The maximum atomic E-state index is 11.0. The van der Waals surface area contributed by atoms with Gasteiger partial charge in [0.25, 0.3) is 0 Å². The summed E-state index contributed by atoms with van der Waals surface area (Å²) in [6.07, 6.45) is 0. The van der Waals surface area contributed by atoms with Gasteiger partial charge < -0.3 is 15.3 Å². The highest BCUT2D eigenvalue weighted by molar-refractivity contribution is 5.97. The fraction of sp³-hybridized carbons (Fsp3) is 0.300. The molecule has 0 aliphatic rings. The number of phenols is 1. The Bertz CT molecular complexity index is 357. The highest BCUT2D eigenvalue weighted by Gasteiger charge is 2.11. The van der Waals surface area contributed by atoms with E-state index in [4.69, 9.17) is 10.2 Å². The third-order valence-electron chi connectivity index (χ3n) is 2.04. The molecule has 0 amide bonds. The van der Waals surface area contributed by atoms with Crippen molar-refractivity contribution in [3.8, 4) is 5.75 Å². The van der Waals surface area contributed by atoms with E-state index in [1.807, 2.05) is 0 Å². The fourth-order valence-electron chi connectivity index (χ4n) is 1.25. The lowest BCUT2D eigenvalue weighted by molar-refractivity contribution is 0.101. The second-order valence-corrected chi connectivity index (χ2v) is 3.01. The van der Waals surface area contributed by atoms with E-state index in [-0.39, 0.29) is 30.3 Å². The molecule has 0 aliphatic carbocycles. The molecule has 0 fully saturated rings. The van der Waals surface area contributed by atoms with Crippen molar-refractivity contribution in [3.05, 3.63) is 28.8 Å². The van der Waals surface area contributed by atoms with E-state index in [9.17, 15) is 9.90 Å². The van der Waals surface area contributed by atoms with Gasteiger partial charge in [0.2, 0.25) is 0 Å². The van der Waals surface area contributed by atoms with Gasteiger partial charge in [0.1, 0.15) is 5.75 Å². The molecule has 0 saturated carbocycles. The van der Waals surface area contributed by atoms with Crippen molar-refractivity contribution in [2.75, 3.05) is 0 Å². The van der Waals surface area contributed by atoms with Crippen LogP contribution in [0, 0.1) is 0 Å². The first-order valence-corrected chi connectivity index (χ1v) is 4.17. The smallest absolute Gasteiger partial charge is 0.163 e. The van der Waals surface area contributed by atoms with Crippen LogP contribution in [0.3, 0.4) is 0 Å². The summed E-state index contributed by atoms with van der Waals surface area (Å²) in [6.45, 7) is 0.785. The number of hydrogen-bond acceptors (Lipinski definition) is 4. The minimum absolute atomic E-state index is 0.159. The lowest BCUT2D eigenvalue weighted by atomic mass is 10.0. The number of aliphatic hydroxyl groups excluding tert-OH is 2. The highest BCUT2D eigenvalue weighted by atomic mass is 16.3.